The molecular weight excluding hydrogens is 452 g/mol. The third-order valence-corrected chi connectivity index (χ3v) is 6.66. The lowest BCUT2D eigenvalue weighted by Gasteiger charge is -2.19. The lowest BCUT2D eigenvalue weighted by atomic mass is 9.87. The minimum atomic E-state index is -0.277. The highest BCUT2D eigenvalue weighted by molar-refractivity contribution is 6.04. The third kappa shape index (κ3) is 5.61. The summed E-state index contributed by atoms with van der Waals surface area (Å²) in [5.74, 6) is 0.0558. The summed E-state index contributed by atoms with van der Waals surface area (Å²) in [7, 11) is 0. The molecule has 0 radical (unpaired) electrons. The Balaban J connectivity index is 1.62. The van der Waals surface area contributed by atoms with Gasteiger partial charge in [0.1, 0.15) is 5.75 Å². The fraction of sp³-hybridized carbons (Fsp3) is 0.414. The van der Waals surface area contributed by atoms with Gasteiger partial charge in [-0.3, -0.25) is 4.79 Å². The molecule has 3 aromatic rings. The number of rotatable bonds is 5. The van der Waals surface area contributed by atoms with Gasteiger partial charge in [0.05, 0.1) is 11.4 Å². The van der Waals surface area contributed by atoms with Crippen molar-refractivity contribution in [1.82, 2.24) is 15.1 Å². The molecule has 3 N–H and O–H groups in total. The van der Waals surface area contributed by atoms with Crippen LogP contribution in [0.4, 0.5) is 10.5 Å². The summed E-state index contributed by atoms with van der Waals surface area (Å²) in [6.45, 7) is 10.2. The number of hydrogen-bond donors (Lipinski definition) is 3. The van der Waals surface area contributed by atoms with E-state index in [0.29, 0.717) is 22.5 Å². The lowest BCUT2D eigenvalue weighted by Crippen LogP contribution is -2.35. The Morgan fingerprint density at radius 2 is 1.69 bits per heavy atom. The molecule has 4 rings (SSSR count). The highest BCUT2D eigenvalue weighted by Gasteiger charge is 2.26. The summed E-state index contributed by atoms with van der Waals surface area (Å²) in [6, 6.07) is 14.1. The Kier molecular flexibility index (Phi) is 7.20. The van der Waals surface area contributed by atoms with Gasteiger partial charge in [0.15, 0.2) is 0 Å². The maximum absolute atomic E-state index is 12.9. The first-order valence-electron chi connectivity index (χ1n) is 12.7. The maximum Gasteiger partial charge on any atom is 0.342 e. The molecule has 1 heterocycles. The smallest absolute Gasteiger partial charge is 0.342 e. The zero-order chi connectivity index (χ0) is 26.0. The van der Waals surface area contributed by atoms with Crippen LogP contribution in [0.2, 0.25) is 0 Å². The first kappa shape index (κ1) is 25.5. The summed E-state index contributed by atoms with van der Waals surface area (Å²) in [5, 5.41) is 21.0. The Hall–Kier alpha value is -3.61. The molecule has 7 heteroatoms. The van der Waals surface area contributed by atoms with Crippen LogP contribution in [-0.2, 0) is 5.41 Å². The minimum Gasteiger partial charge on any atom is -0.507 e. The van der Waals surface area contributed by atoms with Crippen molar-refractivity contribution >= 4 is 17.6 Å². The predicted molar refractivity (Wildman–Crippen MR) is 143 cm³/mol. The van der Waals surface area contributed by atoms with Gasteiger partial charge in [0.2, 0.25) is 0 Å². The van der Waals surface area contributed by atoms with E-state index in [4.69, 9.17) is 0 Å². The SMILES string of the molecule is CC(C)NC(=O)n1nc(-c2cc(NC(=O)c3ccc(C(C)(C)C)cc3)ccc2O)cc1C1CCCC1. The second-order valence-electron chi connectivity index (χ2n) is 11.0. The molecule has 0 atom stereocenters. The van der Waals surface area contributed by atoms with Crippen LogP contribution in [0.3, 0.4) is 0 Å². The molecule has 0 saturated heterocycles. The van der Waals surface area contributed by atoms with Crippen LogP contribution in [0.15, 0.2) is 48.5 Å². The third-order valence-electron chi connectivity index (χ3n) is 6.66. The number of nitrogens with zero attached hydrogens (tertiary/aromatic N) is 2. The van der Waals surface area contributed by atoms with Gasteiger partial charge in [0.25, 0.3) is 5.91 Å². The van der Waals surface area contributed by atoms with Crippen LogP contribution in [0.5, 0.6) is 5.75 Å². The number of benzene rings is 2. The molecule has 0 bridgehead atoms. The molecule has 1 aliphatic rings. The molecule has 1 saturated carbocycles. The van der Waals surface area contributed by atoms with E-state index < -0.39 is 0 Å². The number of phenols is 1. The quantitative estimate of drug-likeness (QED) is 0.361. The normalized spacial score (nSPS) is 14.3. The van der Waals surface area contributed by atoms with E-state index in [1.54, 1.807) is 12.1 Å². The molecule has 1 aromatic heterocycles. The number of phenolic OH excluding ortho intramolecular Hbond substituents is 1. The average molecular weight is 489 g/mol. The average Bonchev–Trinajstić information content (AvgIpc) is 3.49. The summed E-state index contributed by atoms with van der Waals surface area (Å²) in [6.07, 6.45) is 4.27. The van der Waals surface area contributed by atoms with Gasteiger partial charge in [-0.05, 0) is 74.1 Å². The first-order chi connectivity index (χ1) is 17.0. The van der Waals surface area contributed by atoms with Crippen LogP contribution < -0.4 is 10.6 Å². The van der Waals surface area contributed by atoms with E-state index in [2.05, 4.69) is 36.5 Å². The largest absolute Gasteiger partial charge is 0.507 e. The zero-order valence-electron chi connectivity index (χ0n) is 21.8. The van der Waals surface area contributed by atoms with Crippen molar-refractivity contribution in [3.63, 3.8) is 0 Å². The molecule has 0 aliphatic heterocycles. The van der Waals surface area contributed by atoms with E-state index >= 15 is 0 Å². The Morgan fingerprint density at radius 1 is 1.03 bits per heavy atom. The molecule has 36 heavy (non-hydrogen) atoms. The number of aromatic nitrogens is 2. The van der Waals surface area contributed by atoms with E-state index in [-0.39, 0.29) is 35.1 Å². The Morgan fingerprint density at radius 3 is 2.31 bits per heavy atom. The molecular formula is C29H36N4O3. The Bertz CT molecular complexity index is 1250. The molecule has 0 unspecified atom stereocenters. The van der Waals surface area contributed by atoms with Gasteiger partial charge in [-0.15, -0.1) is 0 Å². The number of aromatic hydroxyl groups is 1. The summed E-state index contributed by atoms with van der Waals surface area (Å²) in [4.78, 5) is 25.8. The van der Waals surface area contributed by atoms with Gasteiger partial charge in [-0.2, -0.15) is 9.78 Å². The van der Waals surface area contributed by atoms with E-state index in [1.165, 1.54) is 10.7 Å². The number of nitrogens with one attached hydrogen (secondary N) is 2. The number of carbonyl (C=O) groups excluding carboxylic acids is 2. The van der Waals surface area contributed by atoms with Crippen molar-refractivity contribution in [1.29, 1.82) is 0 Å². The lowest BCUT2D eigenvalue weighted by molar-refractivity contribution is 0.102. The first-order valence-corrected chi connectivity index (χ1v) is 12.7. The number of hydrogen-bond acceptors (Lipinski definition) is 4. The highest BCUT2D eigenvalue weighted by atomic mass is 16.3. The van der Waals surface area contributed by atoms with Crippen molar-refractivity contribution in [3.05, 3.63) is 65.4 Å². The fourth-order valence-corrected chi connectivity index (χ4v) is 4.65. The number of carbonyl (C=O) groups is 2. The topological polar surface area (TPSA) is 96.3 Å². The van der Waals surface area contributed by atoms with Gasteiger partial charge < -0.3 is 15.7 Å². The van der Waals surface area contributed by atoms with Crippen molar-refractivity contribution in [2.75, 3.05) is 5.32 Å². The van der Waals surface area contributed by atoms with Crippen LogP contribution in [-0.4, -0.2) is 32.9 Å². The van der Waals surface area contributed by atoms with E-state index in [0.717, 1.165) is 36.9 Å². The van der Waals surface area contributed by atoms with Crippen molar-refractivity contribution in [2.24, 2.45) is 0 Å². The van der Waals surface area contributed by atoms with E-state index in [9.17, 15) is 14.7 Å². The molecule has 7 nitrogen and oxygen atoms in total. The van der Waals surface area contributed by atoms with Crippen LogP contribution in [0, 0.1) is 0 Å². The second-order valence-corrected chi connectivity index (χ2v) is 11.0. The Labute approximate surface area is 212 Å². The molecule has 1 aliphatic carbocycles. The van der Waals surface area contributed by atoms with Gasteiger partial charge in [-0.1, -0.05) is 45.7 Å². The predicted octanol–water partition coefficient (Wildman–Crippen LogP) is 6.43. The highest BCUT2D eigenvalue weighted by Crippen LogP contribution is 2.38. The van der Waals surface area contributed by atoms with E-state index in [1.807, 2.05) is 44.2 Å². The monoisotopic (exact) mass is 488 g/mol. The van der Waals surface area contributed by atoms with Crippen LogP contribution in [0.25, 0.3) is 11.3 Å². The molecule has 190 valence electrons. The number of amides is 2. The van der Waals surface area contributed by atoms with Gasteiger partial charge >= 0.3 is 6.03 Å². The molecule has 0 spiro atoms. The maximum atomic E-state index is 12.9. The molecule has 1 fully saturated rings. The zero-order valence-corrected chi connectivity index (χ0v) is 21.8. The molecule has 2 aromatic carbocycles. The second kappa shape index (κ2) is 10.2. The van der Waals surface area contributed by atoms with Gasteiger partial charge in [-0.25, -0.2) is 4.79 Å². The minimum absolute atomic E-state index is 0.00763. The van der Waals surface area contributed by atoms with Gasteiger partial charge in [0, 0.05) is 28.8 Å². The van der Waals surface area contributed by atoms with Crippen molar-refractivity contribution in [3.8, 4) is 17.0 Å². The fourth-order valence-electron chi connectivity index (χ4n) is 4.65. The van der Waals surface area contributed by atoms with Crippen LogP contribution >= 0.6 is 0 Å². The number of anilines is 1. The van der Waals surface area contributed by atoms with Crippen molar-refractivity contribution in [2.45, 2.75) is 77.7 Å². The summed E-state index contributed by atoms with van der Waals surface area (Å²) >= 11 is 0. The summed E-state index contributed by atoms with van der Waals surface area (Å²) < 4.78 is 1.44. The summed E-state index contributed by atoms with van der Waals surface area (Å²) in [5.41, 5.74) is 4.07. The van der Waals surface area contributed by atoms with Crippen LogP contribution in [0.1, 0.15) is 87.8 Å². The standard InChI is InChI=1S/C29H36N4O3/c1-18(2)30-28(36)33-25(19-8-6-7-9-19)17-24(32-33)23-16-22(14-15-26(23)34)31-27(35)20-10-12-21(13-11-20)29(3,4)5/h10-19,34H,6-9H2,1-5H3,(H,30,36)(H,31,35). The molecule has 2 amide bonds. The van der Waals surface area contributed by atoms with Crippen molar-refractivity contribution < 1.29 is 14.7 Å².